The summed E-state index contributed by atoms with van der Waals surface area (Å²) in [6, 6.07) is 17.3. The average molecular weight is 621 g/mol. The van der Waals surface area contributed by atoms with Gasteiger partial charge >= 0.3 is 0 Å². The fourth-order valence-electron chi connectivity index (χ4n) is 12.0. The standard InChI is InChI=1S/C38H40N2O6/c41-39(42)29-1-5-31(6-2-29)45-35-16-36(46-32-7-3-30(4-8-32)40(43)44)34(38-20-26-12-27(21-38)14-28(13-26)22-38)15-33(35)37-17-23-9-24(18-37)11-25(10-23)19-37/h1-8,15-16,23-28H,9-14,17-22H2. The topological polar surface area (TPSA) is 105 Å². The molecule has 8 aliphatic carbocycles. The Kier molecular flexibility index (Phi) is 6.32. The number of nitro groups is 2. The van der Waals surface area contributed by atoms with Crippen molar-refractivity contribution in [1.29, 1.82) is 0 Å². The summed E-state index contributed by atoms with van der Waals surface area (Å²) in [7, 11) is 0. The van der Waals surface area contributed by atoms with E-state index in [1.165, 1.54) is 112 Å². The van der Waals surface area contributed by atoms with Crippen LogP contribution in [0, 0.1) is 55.7 Å². The first-order valence-electron chi connectivity index (χ1n) is 17.3. The van der Waals surface area contributed by atoms with Gasteiger partial charge in [0.05, 0.1) is 9.85 Å². The largest absolute Gasteiger partial charge is 0.457 e. The van der Waals surface area contributed by atoms with Gasteiger partial charge in [0.25, 0.3) is 11.4 Å². The molecule has 0 aromatic heterocycles. The average Bonchev–Trinajstić information content (AvgIpc) is 3.00. The molecule has 0 heterocycles. The van der Waals surface area contributed by atoms with Crippen molar-refractivity contribution in [3.63, 3.8) is 0 Å². The van der Waals surface area contributed by atoms with E-state index in [-0.39, 0.29) is 32.1 Å². The number of hydrogen-bond acceptors (Lipinski definition) is 6. The van der Waals surface area contributed by atoms with Crippen LogP contribution in [-0.4, -0.2) is 9.85 Å². The van der Waals surface area contributed by atoms with E-state index in [1.807, 2.05) is 0 Å². The molecule has 238 valence electrons. The van der Waals surface area contributed by atoms with Gasteiger partial charge < -0.3 is 9.47 Å². The molecular weight excluding hydrogens is 580 g/mol. The second kappa shape index (κ2) is 10.3. The van der Waals surface area contributed by atoms with Crippen LogP contribution in [0.15, 0.2) is 60.7 Å². The Morgan fingerprint density at radius 1 is 0.500 bits per heavy atom. The molecule has 0 unspecified atom stereocenters. The maximum atomic E-state index is 11.4. The van der Waals surface area contributed by atoms with Crippen LogP contribution in [0.4, 0.5) is 11.4 Å². The van der Waals surface area contributed by atoms with Crippen molar-refractivity contribution in [1.82, 2.24) is 0 Å². The van der Waals surface area contributed by atoms with Gasteiger partial charge in [-0.3, -0.25) is 20.2 Å². The van der Waals surface area contributed by atoms with E-state index in [9.17, 15) is 20.2 Å². The summed E-state index contributed by atoms with van der Waals surface area (Å²) in [5, 5.41) is 22.7. The van der Waals surface area contributed by atoms with Gasteiger partial charge in [0.15, 0.2) is 0 Å². The quantitative estimate of drug-likeness (QED) is 0.183. The van der Waals surface area contributed by atoms with Crippen molar-refractivity contribution in [2.75, 3.05) is 0 Å². The zero-order valence-corrected chi connectivity index (χ0v) is 26.1. The Hall–Kier alpha value is -3.94. The van der Waals surface area contributed by atoms with Gasteiger partial charge in [0.2, 0.25) is 0 Å². The van der Waals surface area contributed by atoms with Crippen LogP contribution in [-0.2, 0) is 10.8 Å². The molecule has 11 rings (SSSR count). The Morgan fingerprint density at radius 3 is 1.09 bits per heavy atom. The Bertz CT molecular complexity index is 1520. The first-order valence-corrected chi connectivity index (χ1v) is 17.3. The van der Waals surface area contributed by atoms with E-state index in [0.29, 0.717) is 11.5 Å². The highest BCUT2D eigenvalue weighted by Crippen LogP contribution is 2.66. The van der Waals surface area contributed by atoms with E-state index >= 15 is 0 Å². The van der Waals surface area contributed by atoms with Crippen LogP contribution in [0.3, 0.4) is 0 Å². The zero-order valence-electron chi connectivity index (χ0n) is 26.1. The summed E-state index contributed by atoms with van der Waals surface area (Å²) in [6.07, 6.45) is 15.2. The minimum Gasteiger partial charge on any atom is -0.457 e. The first kappa shape index (κ1) is 28.3. The number of ether oxygens (including phenoxy) is 2. The van der Waals surface area contributed by atoms with Gasteiger partial charge in [0, 0.05) is 41.5 Å². The minimum absolute atomic E-state index is 0.0352. The Labute approximate surface area is 268 Å². The molecule has 46 heavy (non-hydrogen) atoms. The maximum absolute atomic E-state index is 11.4. The van der Waals surface area contributed by atoms with Crippen molar-refractivity contribution in [2.45, 2.75) is 87.9 Å². The summed E-state index contributed by atoms with van der Waals surface area (Å²) in [5.74, 6) is 7.27. The second-order valence-corrected chi connectivity index (χ2v) is 15.9. The second-order valence-electron chi connectivity index (χ2n) is 15.9. The lowest BCUT2D eigenvalue weighted by molar-refractivity contribution is -0.385. The number of hydrogen-bond donors (Lipinski definition) is 0. The number of benzene rings is 3. The monoisotopic (exact) mass is 620 g/mol. The predicted octanol–water partition coefficient (Wildman–Crippen LogP) is 10.0. The number of nitrogens with zero attached hydrogens (tertiary/aromatic N) is 2. The van der Waals surface area contributed by atoms with Gasteiger partial charge in [-0.05, 0) is 154 Å². The number of non-ortho nitro benzene ring substituents is 2. The van der Waals surface area contributed by atoms with Gasteiger partial charge in [-0.2, -0.15) is 0 Å². The number of rotatable bonds is 8. The molecule has 0 saturated heterocycles. The lowest BCUT2D eigenvalue weighted by Crippen LogP contribution is -2.50. The van der Waals surface area contributed by atoms with Crippen molar-refractivity contribution < 1.29 is 19.3 Å². The summed E-state index contributed by atoms with van der Waals surface area (Å²) < 4.78 is 13.5. The van der Waals surface area contributed by atoms with E-state index < -0.39 is 0 Å². The fraction of sp³-hybridized carbons (Fsp3) is 0.526. The molecule has 0 N–H and O–H groups in total. The minimum atomic E-state index is -0.388. The lowest BCUT2D eigenvalue weighted by Gasteiger charge is -2.58. The highest BCUT2D eigenvalue weighted by Gasteiger charge is 2.55. The third-order valence-corrected chi connectivity index (χ3v) is 12.9. The molecule has 8 saturated carbocycles. The van der Waals surface area contributed by atoms with Gasteiger partial charge in [-0.1, -0.05) is 0 Å². The molecule has 0 atom stereocenters. The molecule has 0 amide bonds. The smallest absolute Gasteiger partial charge is 0.269 e. The summed E-state index contributed by atoms with van der Waals surface area (Å²) in [5.41, 5.74) is 2.79. The molecular formula is C38H40N2O6. The van der Waals surface area contributed by atoms with Crippen LogP contribution in [0.25, 0.3) is 0 Å². The fourth-order valence-corrected chi connectivity index (χ4v) is 12.0. The highest BCUT2D eigenvalue weighted by molar-refractivity contribution is 5.57. The van der Waals surface area contributed by atoms with Crippen molar-refractivity contribution >= 4 is 11.4 Å². The molecule has 8 nitrogen and oxygen atoms in total. The van der Waals surface area contributed by atoms with Crippen LogP contribution in [0.2, 0.25) is 0 Å². The molecule has 8 fully saturated rings. The normalized spacial score (nSPS) is 34.9. The zero-order chi connectivity index (χ0) is 31.2. The molecule has 3 aromatic carbocycles. The van der Waals surface area contributed by atoms with Crippen molar-refractivity contribution in [3.05, 3.63) is 92.0 Å². The molecule has 0 radical (unpaired) electrons. The van der Waals surface area contributed by atoms with E-state index in [2.05, 4.69) is 12.1 Å². The lowest BCUT2D eigenvalue weighted by atomic mass is 9.46. The third-order valence-electron chi connectivity index (χ3n) is 12.9. The predicted molar refractivity (Wildman–Crippen MR) is 172 cm³/mol. The number of nitro benzene ring substituents is 2. The molecule has 8 aliphatic rings. The highest BCUT2D eigenvalue weighted by atomic mass is 16.6. The van der Waals surface area contributed by atoms with E-state index in [0.717, 1.165) is 47.0 Å². The SMILES string of the molecule is O=[N+]([O-])c1ccc(Oc2cc(Oc3ccc([N+](=O)[O-])cc3)c(C34CC5CC(CC(C5)C3)C4)cc2C23CC4CC(CC(C4)C2)C3)cc1. The van der Waals surface area contributed by atoms with Crippen LogP contribution >= 0.6 is 0 Å². The molecule has 0 aliphatic heterocycles. The Morgan fingerprint density at radius 2 is 0.804 bits per heavy atom. The first-order chi connectivity index (χ1) is 22.2. The third kappa shape index (κ3) is 4.70. The van der Waals surface area contributed by atoms with Crippen molar-refractivity contribution in [3.8, 4) is 23.0 Å². The van der Waals surface area contributed by atoms with Gasteiger partial charge in [-0.15, -0.1) is 0 Å². The molecule has 3 aromatic rings. The van der Waals surface area contributed by atoms with E-state index in [4.69, 9.17) is 9.47 Å². The molecule has 0 spiro atoms. The van der Waals surface area contributed by atoms with Crippen LogP contribution < -0.4 is 9.47 Å². The summed E-state index contributed by atoms with van der Waals surface area (Å²) >= 11 is 0. The van der Waals surface area contributed by atoms with Crippen LogP contribution in [0.5, 0.6) is 23.0 Å². The summed E-state index contributed by atoms with van der Waals surface area (Å²) in [4.78, 5) is 22.0. The maximum Gasteiger partial charge on any atom is 0.269 e. The molecule has 8 heteroatoms. The molecule has 8 bridgehead atoms. The van der Waals surface area contributed by atoms with E-state index in [1.54, 1.807) is 24.3 Å². The van der Waals surface area contributed by atoms with Gasteiger partial charge in [0.1, 0.15) is 23.0 Å². The van der Waals surface area contributed by atoms with Gasteiger partial charge in [-0.25, -0.2) is 0 Å². The Balaban J connectivity index is 1.20. The summed E-state index contributed by atoms with van der Waals surface area (Å²) in [6.45, 7) is 0. The van der Waals surface area contributed by atoms with Crippen molar-refractivity contribution in [2.24, 2.45) is 35.5 Å². The van der Waals surface area contributed by atoms with Crippen LogP contribution in [0.1, 0.15) is 88.2 Å².